The molecule has 0 unspecified atom stereocenters. The number of nitrogens with two attached hydrogens (primary N) is 1. The van der Waals surface area contributed by atoms with Gasteiger partial charge in [-0.1, -0.05) is 36.0 Å². The first-order valence-corrected chi connectivity index (χ1v) is 7.37. The van der Waals surface area contributed by atoms with Gasteiger partial charge in [-0.25, -0.2) is 0 Å². The van der Waals surface area contributed by atoms with Crippen LogP contribution in [0.25, 0.3) is 11.4 Å². The minimum atomic E-state index is -0.349. The molecule has 0 aliphatic carbocycles. The van der Waals surface area contributed by atoms with Crippen molar-refractivity contribution < 1.29 is 4.79 Å². The standard InChI is InChI=1S/C14H18N4OS/c1-4-18-13(11-8-6-5-7-9(11)2)16-17-14(18)20-10(3)12(15)19/h5-8,10H,4H2,1-3H3,(H2,15,19)/t10-/m1/s1. The number of hydrogen-bond acceptors (Lipinski definition) is 4. The number of hydrogen-bond donors (Lipinski definition) is 1. The van der Waals surface area contributed by atoms with Gasteiger partial charge < -0.3 is 10.3 Å². The van der Waals surface area contributed by atoms with Crippen LogP contribution in [-0.2, 0) is 11.3 Å². The number of rotatable bonds is 5. The highest BCUT2D eigenvalue weighted by Crippen LogP contribution is 2.28. The minimum absolute atomic E-state index is 0.325. The quantitative estimate of drug-likeness (QED) is 0.857. The van der Waals surface area contributed by atoms with Crippen molar-refractivity contribution in [2.75, 3.05) is 0 Å². The van der Waals surface area contributed by atoms with Gasteiger partial charge in [0.1, 0.15) is 0 Å². The van der Waals surface area contributed by atoms with Gasteiger partial charge in [0.2, 0.25) is 5.91 Å². The number of amides is 1. The fraction of sp³-hybridized carbons (Fsp3) is 0.357. The van der Waals surface area contributed by atoms with Crippen LogP contribution >= 0.6 is 11.8 Å². The van der Waals surface area contributed by atoms with E-state index in [2.05, 4.69) is 10.2 Å². The molecule has 2 rings (SSSR count). The minimum Gasteiger partial charge on any atom is -0.369 e. The van der Waals surface area contributed by atoms with Crippen molar-refractivity contribution in [1.82, 2.24) is 14.8 Å². The zero-order valence-corrected chi connectivity index (χ0v) is 12.6. The number of nitrogens with zero attached hydrogens (tertiary/aromatic N) is 3. The molecular weight excluding hydrogens is 272 g/mol. The van der Waals surface area contributed by atoms with Gasteiger partial charge in [-0.05, 0) is 26.3 Å². The lowest BCUT2D eigenvalue weighted by Gasteiger charge is -2.10. The summed E-state index contributed by atoms with van der Waals surface area (Å²) < 4.78 is 2.01. The van der Waals surface area contributed by atoms with Gasteiger partial charge in [0.15, 0.2) is 11.0 Å². The summed E-state index contributed by atoms with van der Waals surface area (Å²) in [5, 5.41) is 8.86. The molecule has 2 N–H and O–H groups in total. The summed E-state index contributed by atoms with van der Waals surface area (Å²) in [6, 6.07) is 8.05. The van der Waals surface area contributed by atoms with Gasteiger partial charge in [0, 0.05) is 12.1 Å². The molecule has 0 spiro atoms. The third kappa shape index (κ3) is 2.85. The Labute approximate surface area is 122 Å². The Hall–Kier alpha value is -1.82. The van der Waals surface area contributed by atoms with Gasteiger partial charge in [-0.2, -0.15) is 0 Å². The van der Waals surface area contributed by atoms with Crippen LogP contribution in [0.15, 0.2) is 29.4 Å². The molecule has 20 heavy (non-hydrogen) atoms. The molecule has 0 bridgehead atoms. The maximum absolute atomic E-state index is 11.2. The fourth-order valence-corrected chi connectivity index (χ4v) is 2.76. The molecule has 0 saturated heterocycles. The summed E-state index contributed by atoms with van der Waals surface area (Å²) in [5.74, 6) is 0.475. The van der Waals surface area contributed by atoms with E-state index in [9.17, 15) is 4.79 Å². The Morgan fingerprint density at radius 1 is 1.40 bits per heavy atom. The van der Waals surface area contributed by atoms with Crippen molar-refractivity contribution in [3.05, 3.63) is 29.8 Å². The SMILES string of the molecule is CCn1c(S[C@H](C)C(N)=O)nnc1-c1ccccc1C. The van der Waals surface area contributed by atoms with E-state index in [-0.39, 0.29) is 11.2 Å². The Kier molecular flexibility index (Phi) is 4.44. The largest absolute Gasteiger partial charge is 0.369 e. The zero-order chi connectivity index (χ0) is 14.7. The van der Waals surface area contributed by atoms with Crippen LogP contribution in [0.3, 0.4) is 0 Å². The molecular formula is C14H18N4OS. The summed E-state index contributed by atoms with van der Waals surface area (Å²) in [7, 11) is 0. The maximum Gasteiger partial charge on any atom is 0.230 e. The summed E-state index contributed by atoms with van der Waals surface area (Å²) in [4.78, 5) is 11.2. The van der Waals surface area contributed by atoms with E-state index in [1.165, 1.54) is 11.8 Å². The Morgan fingerprint density at radius 2 is 2.10 bits per heavy atom. The average molecular weight is 290 g/mol. The molecule has 6 heteroatoms. The molecule has 0 aliphatic rings. The third-order valence-corrected chi connectivity index (χ3v) is 4.20. The van der Waals surface area contributed by atoms with Crippen molar-refractivity contribution in [1.29, 1.82) is 0 Å². The third-order valence-electron chi connectivity index (χ3n) is 3.10. The second-order valence-electron chi connectivity index (χ2n) is 4.53. The van der Waals surface area contributed by atoms with Crippen molar-refractivity contribution in [2.24, 2.45) is 5.73 Å². The van der Waals surface area contributed by atoms with E-state index in [1.54, 1.807) is 6.92 Å². The van der Waals surface area contributed by atoms with Crippen molar-refractivity contribution in [3.8, 4) is 11.4 Å². The normalized spacial score (nSPS) is 12.3. The molecule has 0 fully saturated rings. The molecule has 1 aromatic heterocycles. The molecule has 1 aromatic carbocycles. The molecule has 2 aromatic rings. The van der Waals surface area contributed by atoms with E-state index < -0.39 is 0 Å². The molecule has 1 amide bonds. The van der Waals surface area contributed by atoms with Crippen LogP contribution in [-0.4, -0.2) is 25.9 Å². The topological polar surface area (TPSA) is 73.8 Å². The fourth-order valence-electron chi connectivity index (χ4n) is 1.90. The van der Waals surface area contributed by atoms with Crippen molar-refractivity contribution in [2.45, 2.75) is 37.7 Å². The Bertz CT molecular complexity index is 623. The van der Waals surface area contributed by atoms with Gasteiger partial charge in [0.05, 0.1) is 5.25 Å². The number of thioether (sulfide) groups is 1. The van der Waals surface area contributed by atoms with Gasteiger partial charge in [0.25, 0.3) is 0 Å². The molecule has 1 atom stereocenters. The van der Waals surface area contributed by atoms with Crippen LogP contribution in [0.5, 0.6) is 0 Å². The number of carbonyl (C=O) groups excluding carboxylic acids is 1. The summed E-state index contributed by atoms with van der Waals surface area (Å²) in [5.41, 5.74) is 7.50. The van der Waals surface area contributed by atoms with Crippen LogP contribution in [0, 0.1) is 6.92 Å². The van der Waals surface area contributed by atoms with Crippen LogP contribution in [0.1, 0.15) is 19.4 Å². The summed E-state index contributed by atoms with van der Waals surface area (Å²) in [6.45, 7) is 6.59. The van der Waals surface area contributed by atoms with Crippen molar-refractivity contribution >= 4 is 17.7 Å². The monoisotopic (exact) mass is 290 g/mol. The second kappa shape index (κ2) is 6.09. The van der Waals surface area contributed by atoms with E-state index in [4.69, 9.17) is 5.73 Å². The highest BCUT2D eigenvalue weighted by Gasteiger charge is 2.18. The number of carbonyl (C=O) groups is 1. The molecule has 0 saturated carbocycles. The first-order chi connectivity index (χ1) is 9.54. The number of aryl methyl sites for hydroxylation is 1. The zero-order valence-electron chi connectivity index (χ0n) is 11.8. The van der Waals surface area contributed by atoms with Crippen LogP contribution in [0.4, 0.5) is 0 Å². The number of aromatic nitrogens is 3. The number of benzene rings is 1. The predicted octanol–water partition coefficient (Wildman–Crippen LogP) is 2.24. The van der Waals surface area contributed by atoms with Crippen LogP contribution in [0.2, 0.25) is 0 Å². The first-order valence-electron chi connectivity index (χ1n) is 6.49. The predicted molar refractivity (Wildman–Crippen MR) is 80.4 cm³/mol. The lowest BCUT2D eigenvalue weighted by molar-refractivity contribution is -0.117. The summed E-state index contributed by atoms with van der Waals surface area (Å²) in [6.07, 6.45) is 0. The van der Waals surface area contributed by atoms with Crippen LogP contribution < -0.4 is 5.73 Å². The van der Waals surface area contributed by atoms with E-state index in [0.717, 1.165) is 28.7 Å². The van der Waals surface area contributed by atoms with Crippen molar-refractivity contribution in [3.63, 3.8) is 0 Å². The van der Waals surface area contributed by atoms with E-state index in [1.807, 2.05) is 42.7 Å². The van der Waals surface area contributed by atoms with Gasteiger partial charge >= 0.3 is 0 Å². The van der Waals surface area contributed by atoms with Gasteiger partial charge in [-0.15, -0.1) is 10.2 Å². The number of primary amides is 1. The first kappa shape index (κ1) is 14.6. The molecule has 0 radical (unpaired) electrons. The highest BCUT2D eigenvalue weighted by molar-refractivity contribution is 8.00. The summed E-state index contributed by atoms with van der Waals surface area (Å²) >= 11 is 1.34. The lowest BCUT2D eigenvalue weighted by Crippen LogP contribution is -2.23. The second-order valence-corrected chi connectivity index (χ2v) is 5.84. The Balaban J connectivity index is 2.40. The molecule has 5 nitrogen and oxygen atoms in total. The van der Waals surface area contributed by atoms with Gasteiger partial charge in [-0.3, -0.25) is 4.79 Å². The average Bonchev–Trinajstić information content (AvgIpc) is 2.81. The van der Waals surface area contributed by atoms with E-state index >= 15 is 0 Å². The lowest BCUT2D eigenvalue weighted by atomic mass is 10.1. The van der Waals surface area contributed by atoms with E-state index in [0.29, 0.717) is 0 Å². The Morgan fingerprint density at radius 3 is 2.70 bits per heavy atom. The molecule has 0 aliphatic heterocycles. The molecule has 106 valence electrons. The molecule has 1 heterocycles. The highest BCUT2D eigenvalue weighted by atomic mass is 32.2. The smallest absolute Gasteiger partial charge is 0.230 e. The maximum atomic E-state index is 11.2.